The van der Waals surface area contributed by atoms with E-state index in [0.29, 0.717) is 13.0 Å². The fourth-order valence-corrected chi connectivity index (χ4v) is 1.96. The van der Waals surface area contributed by atoms with Gasteiger partial charge in [0.15, 0.2) is 0 Å². The summed E-state index contributed by atoms with van der Waals surface area (Å²) in [7, 11) is 0. The number of hydrogen-bond acceptors (Lipinski definition) is 2. The molecular weight excluding hydrogens is 238 g/mol. The fraction of sp³-hybridized carbons (Fsp3) is 0.562. The van der Waals surface area contributed by atoms with Crippen molar-refractivity contribution in [1.82, 2.24) is 5.32 Å². The van der Waals surface area contributed by atoms with Crippen molar-refractivity contribution in [2.75, 3.05) is 13.2 Å². The van der Waals surface area contributed by atoms with Gasteiger partial charge >= 0.3 is 0 Å². The molecule has 1 amide bonds. The van der Waals surface area contributed by atoms with E-state index in [-0.39, 0.29) is 23.8 Å². The Kier molecular flexibility index (Phi) is 5.55. The lowest BCUT2D eigenvalue weighted by Crippen LogP contribution is -2.40. The number of amides is 1. The number of carbonyl (C=O) groups is 1. The zero-order chi connectivity index (χ0) is 14.5. The predicted molar refractivity (Wildman–Crippen MR) is 78.1 cm³/mol. The summed E-state index contributed by atoms with van der Waals surface area (Å²) in [6.45, 7) is 8.67. The molecule has 0 bridgehead atoms. The smallest absolute Gasteiger partial charge is 0.225 e. The van der Waals surface area contributed by atoms with Crippen LogP contribution in [-0.4, -0.2) is 24.2 Å². The van der Waals surface area contributed by atoms with Crippen molar-refractivity contribution in [3.63, 3.8) is 0 Å². The predicted octanol–water partition coefficient (Wildman–Crippen LogP) is 2.41. The Hall–Kier alpha value is -1.35. The molecule has 0 saturated heterocycles. The van der Waals surface area contributed by atoms with Crippen LogP contribution in [0, 0.1) is 12.8 Å². The average Bonchev–Trinajstić information content (AvgIpc) is 2.38. The molecule has 2 N–H and O–H groups in total. The van der Waals surface area contributed by atoms with Crippen molar-refractivity contribution in [3.05, 3.63) is 35.4 Å². The maximum atomic E-state index is 11.9. The van der Waals surface area contributed by atoms with Gasteiger partial charge in [0, 0.05) is 12.0 Å². The van der Waals surface area contributed by atoms with E-state index >= 15 is 0 Å². The minimum Gasteiger partial charge on any atom is -0.396 e. The van der Waals surface area contributed by atoms with Crippen LogP contribution in [0.2, 0.25) is 0 Å². The number of aliphatic hydroxyl groups excluding tert-OH is 1. The van der Waals surface area contributed by atoms with Crippen molar-refractivity contribution in [2.24, 2.45) is 5.92 Å². The van der Waals surface area contributed by atoms with Gasteiger partial charge in [0.05, 0.1) is 12.5 Å². The molecule has 0 fully saturated rings. The molecule has 0 aliphatic rings. The lowest BCUT2D eigenvalue weighted by molar-refractivity contribution is -0.126. The molecule has 0 aliphatic heterocycles. The molecule has 19 heavy (non-hydrogen) atoms. The summed E-state index contributed by atoms with van der Waals surface area (Å²) >= 11 is 0. The molecule has 3 heteroatoms. The van der Waals surface area contributed by atoms with Crippen LogP contribution in [0.5, 0.6) is 0 Å². The van der Waals surface area contributed by atoms with Crippen LogP contribution in [0.3, 0.4) is 0 Å². The van der Waals surface area contributed by atoms with Crippen molar-refractivity contribution < 1.29 is 9.90 Å². The summed E-state index contributed by atoms with van der Waals surface area (Å²) in [5.41, 5.74) is 2.32. The molecule has 3 nitrogen and oxygen atoms in total. The van der Waals surface area contributed by atoms with Crippen LogP contribution < -0.4 is 5.32 Å². The molecule has 0 aromatic heterocycles. The third-order valence-electron chi connectivity index (χ3n) is 3.62. The van der Waals surface area contributed by atoms with E-state index in [9.17, 15) is 4.79 Å². The van der Waals surface area contributed by atoms with Gasteiger partial charge in [-0.1, -0.05) is 50.6 Å². The zero-order valence-corrected chi connectivity index (χ0v) is 12.4. The second kappa shape index (κ2) is 6.71. The van der Waals surface area contributed by atoms with Gasteiger partial charge in [0.2, 0.25) is 5.91 Å². The third-order valence-corrected chi connectivity index (χ3v) is 3.62. The number of nitrogens with one attached hydrogen (secondary N) is 1. The Morgan fingerprint density at radius 2 is 1.89 bits per heavy atom. The van der Waals surface area contributed by atoms with Gasteiger partial charge in [-0.15, -0.1) is 0 Å². The summed E-state index contributed by atoms with van der Waals surface area (Å²) < 4.78 is 0. The molecule has 1 atom stereocenters. The number of rotatable bonds is 6. The zero-order valence-electron chi connectivity index (χ0n) is 12.4. The lowest BCUT2D eigenvalue weighted by atomic mass is 9.84. The van der Waals surface area contributed by atoms with Crippen molar-refractivity contribution in [1.29, 1.82) is 0 Å². The Labute approximate surface area is 116 Å². The van der Waals surface area contributed by atoms with E-state index < -0.39 is 0 Å². The van der Waals surface area contributed by atoms with Crippen LogP contribution in [-0.2, 0) is 10.2 Å². The van der Waals surface area contributed by atoms with Gasteiger partial charge in [-0.05, 0) is 18.9 Å². The molecule has 1 aromatic carbocycles. The van der Waals surface area contributed by atoms with E-state index in [1.807, 2.05) is 6.92 Å². The number of benzene rings is 1. The van der Waals surface area contributed by atoms with E-state index in [0.717, 1.165) is 0 Å². The highest BCUT2D eigenvalue weighted by Crippen LogP contribution is 2.22. The summed E-state index contributed by atoms with van der Waals surface area (Å²) in [5, 5.41) is 12.1. The first-order valence-electron chi connectivity index (χ1n) is 6.86. The molecule has 1 aromatic rings. The molecule has 0 spiro atoms. The van der Waals surface area contributed by atoms with Gasteiger partial charge in [-0.25, -0.2) is 0 Å². The quantitative estimate of drug-likeness (QED) is 0.828. The van der Waals surface area contributed by atoms with Crippen LogP contribution in [0.15, 0.2) is 24.3 Å². The summed E-state index contributed by atoms with van der Waals surface area (Å²) in [4.78, 5) is 11.9. The Morgan fingerprint density at radius 1 is 1.32 bits per heavy atom. The highest BCUT2D eigenvalue weighted by atomic mass is 16.3. The average molecular weight is 263 g/mol. The van der Waals surface area contributed by atoms with E-state index in [1.165, 1.54) is 11.1 Å². The Balaban J connectivity index is 2.65. The van der Waals surface area contributed by atoms with Crippen molar-refractivity contribution in [3.8, 4) is 0 Å². The maximum absolute atomic E-state index is 11.9. The van der Waals surface area contributed by atoms with Gasteiger partial charge in [-0.2, -0.15) is 0 Å². The van der Waals surface area contributed by atoms with E-state index in [4.69, 9.17) is 5.11 Å². The second-order valence-electron chi connectivity index (χ2n) is 5.76. The van der Waals surface area contributed by atoms with E-state index in [1.54, 1.807) is 0 Å². The molecule has 1 unspecified atom stereocenters. The van der Waals surface area contributed by atoms with Crippen LogP contribution >= 0.6 is 0 Å². The van der Waals surface area contributed by atoms with Crippen LogP contribution in [0.4, 0.5) is 0 Å². The maximum Gasteiger partial charge on any atom is 0.225 e. The molecule has 0 saturated carbocycles. The first-order chi connectivity index (χ1) is 8.90. The lowest BCUT2D eigenvalue weighted by Gasteiger charge is -2.26. The second-order valence-corrected chi connectivity index (χ2v) is 5.76. The largest absolute Gasteiger partial charge is 0.396 e. The Morgan fingerprint density at radius 3 is 2.37 bits per heavy atom. The van der Waals surface area contributed by atoms with E-state index in [2.05, 4.69) is 50.4 Å². The van der Waals surface area contributed by atoms with Gasteiger partial charge in [0.25, 0.3) is 0 Å². The van der Waals surface area contributed by atoms with Gasteiger partial charge in [-0.3, -0.25) is 4.79 Å². The first-order valence-corrected chi connectivity index (χ1v) is 6.86. The SMILES string of the molecule is CCC(CO)C(=O)NCC(C)(C)c1ccc(C)cc1. The molecule has 0 radical (unpaired) electrons. The minimum atomic E-state index is -0.297. The Bertz CT molecular complexity index is 405. The monoisotopic (exact) mass is 263 g/mol. The first kappa shape index (κ1) is 15.7. The third kappa shape index (κ3) is 4.35. The minimum absolute atomic E-state index is 0.0646. The topological polar surface area (TPSA) is 49.3 Å². The molecule has 106 valence electrons. The van der Waals surface area contributed by atoms with Crippen LogP contribution in [0.1, 0.15) is 38.3 Å². The number of aliphatic hydroxyl groups is 1. The standard InChI is InChI=1S/C16H25NO2/c1-5-13(10-18)15(19)17-11-16(3,4)14-8-6-12(2)7-9-14/h6-9,13,18H,5,10-11H2,1-4H3,(H,17,19). The summed E-state index contributed by atoms with van der Waals surface area (Å²) in [6.07, 6.45) is 0.660. The summed E-state index contributed by atoms with van der Waals surface area (Å²) in [5.74, 6) is -0.362. The molecular formula is C16H25NO2. The number of carbonyl (C=O) groups excluding carboxylic acids is 1. The normalized spacial score (nSPS) is 13.1. The van der Waals surface area contributed by atoms with Crippen LogP contribution in [0.25, 0.3) is 0 Å². The van der Waals surface area contributed by atoms with Crippen molar-refractivity contribution in [2.45, 2.75) is 39.5 Å². The van der Waals surface area contributed by atoms with Gasteiger partial charge < -0.3 is 10.4 Å². The molecule has 0 heterocycles. The number of aryl methyl sites for hydroxylation is 1. The number of hydrogen-bond donors (Lipinski definition) is 2. The highest BCUT2D eigenvalue weighted by molar-refractivity contribution is 5.78. The summed E-state index contributed by atoms with van der Waals surface area (Å²) in [6, 6.07) is 8.37. The van der Waals surface area contributed by atoms with Crippen molar-refractivity contribution >= 4 is 5.91 Å². The fourth-order valence-electron chi connectivity index (χ4n) is 1.96. The van der Waals surface area contributed by atoms with Gasteiger partial charge in [0.1, 0.15) is 0 Å². The molecule has 1 rings (SSSR count). The molecule has 0 aliphatic carbocycles. The highest BCUT2D eigenvalue weighted by Gasteiger charge is 2.23.